The Labute approximate surface area is 175 Å². The molecule has 0 aromatic heterocycles. The number of carbonyl (C=O) groups excluding carboxylic acids is 2. The molecule has 2 heteroatoms. The van der Waals surface area contributed by atoms with E-state index in [-0.39, 0.29) is 17.5 Å². The van der Waals surface area contributed by atoms with Gasteiger partial charge in [-0.25, -0.2) is 0 Å². The molecule has 1 saturated carbocycles. The van der Waals surface area contributed by atoms with Crippen molar-refractivity contribution in [3.8, 4) is 0 Å². The molecular weight excluding hydrogens is 356 g/mol. The maximum Gasteiger partial charge on any atom is 0.166 e. The van der Waals surface area contributed by atoms with E-state index < -0.39 is 0 Å². The first-order chi connectivity index (χ1) is 14.1. The minimum absolute atomic E-state index is 0.0883. The quantitative estimate of drug-likeness (QED) is 0.567. The Morgan fingerprint density at radius 3 is 2.31 bits per heavy atom. The van der Waals surface area contributed by atoms with Gasteiger partial charge in [0, 0.05) is 17.9 Å². The molecular formula is C27H32O2. The van der Waals surface area contributed by atoms with Gasteiger partial charge in [0.1, 0.15) is 5.78 Å². The van der Waals surface area contributed by atoms with Crippen LogP contribution >= 0.6 is 0 Å². The molecule has 1 atom stereocenters. The predicted octanol–water partition coefficient (Wildman–Crippen LogP) is 7.01. The molecule has 29 heavy (non-hydrogen) atoms. The summed E-state index contributed by atoms with van der Waals surface area (Å²) in [4.78, 5) is 23.5. The largest absolute Gasteiger partial charge is 0.300 e. The zero-order valence-corrected chi connectivity index (χ0v) is 17.5. The Bertz CT molecular complexity index is 829. The molecule has 2 aromatic carbocycles. The first-order valence-electron chi connectivity index (χ1n) is 11.0. The highest BCUT2D eigenvalue weighted by molar-refractivity contribution is 6.02. The van der Waals surface area contributed by atoms with Crippen molar-refractivity contribution < 1.29 is 9.59 Å². The second-order valence-corrected chi connectivity index (χ2v) is 8.28. The van der Waals surface area contributed by atoms with E-state index in [0.717, 1.165) is 29.9 Å². The van der Waals surface area contributed by atoms with Crippen molar-refractivity contribution in [1.29, 1.82) is 0 Å². The first-order valence-corrected chi connectivity index (χ1v) is 11.0. The highest BCUT2D eigenvalue weighted by atomic mass is 16.1. The van der Waals surface area contributed by atoms with Crippen LogP contribution in [0.25, 0.3) is 6.08 Å². The van der Waals surface area contributed by atoms with E-state index in [4.69, 9.17) is 0 Å². The van der Waals surface area contributed by atoms with Crippen molar-refractivity contribution in [3.63, 3.8) is 0 Å². The van der Waals surface area contributed by atoms with Gasteiger partial charge in [-0.1, -0.05) is 86.0 Å². The molecule has 0 N–H and O–H groups in total. The highest BCUT2D eigenvalue weighted by Crippen LogP contribution is 2.32. The van der Waals surface area contributed by atoms with E-state index >= 15 is 0 Å². The van der Waals surface area contributed by atoms with Gasteiger partial charge in [0.15, 0.2) is 5.78 Å². The lowest BCUT2D eigenvalue weighted by Gasteiger charge is -2.21. The van der Waals surface area contributed by atoms with Gasteiger partial charge in [0.25, 0.3) is 0 Å². The zero-order chi connectivity index (χ0) is 20.5. The fourth-order valence-corrected chi connectivity index (χ4v) is 4.43. The SMILES string of the molecule is CC(=O)CC1CC/C=C\c2ccccc2C1=O.c1ccc(C2CCCCC2)cc1. The van der Waals surface area contributed by atoms with Gasteiger partial charge in [-0.2, -0.15) is 0 Å². The van der Waals surface area contributed by atoms with E-state index in [0.29, 0.717) is 6.42 Å². The second kappa shape index (κ2) is 10.9. The number of fused-ring (bicyclic) bond motifs is 1. The van der Waals surface area contributed by atoms with Gasteiger partial charge in [0.2, 0.25) is 0 Å². The number of allylic oxidation sites excluding steroid dienone is 1. The molecule has 152 valence electrons. The normalized spacial score (nSPS) is 20.4. The molecule has 0 amide bonds. The third-order valence-corrected chi connectivity index (χ3v) is 5.99. The molecule has 1 fully saturated rings. The molecule has 2 aliphatic carbocycles. The van der Waals surface area contributed by atoms with Gasteiger partial charge in [-0.3, -0.25) is 4.79 Å². The third-order valence-electron chi connectivity index (χ3n) is 5.99. The van der Waals surface area contributed by atoms with Gasteiger partial charge >= 0.3 is 0 Å². The number of Topliss-reactive ketones (excluding diaryl/α,β-unsaturated/α-hetero) is 2. The number of hydrogen-bond acceptors (Lipinski definition) is 2. The Kier molecular flexibility index (Phi) is 7.98. The fourth-order valence-electron chi connectivity index (χ4n) is 4.43. The summed E-state index contributed by atoms with van der Waals surface area (Å²) in [7, 11) is 0. The van der Waals surface area contributed by atoms with Gasteiger partial charge in [-0.15, -0.1) is 0 Å². The molecule has 0 bridgehead atoms. The van der Waals surface area contributed by atoms with Crippen molar-refractivity contribution >= 4 is 17.6 Å². The summed E-state index contributed by atoms with van der Waals surface area (Å²) in [6, 6.07) is 18.6. The average molecular weight is 389 g/mol. The second-order valence-electron chi connectivity index (χ2n) is 8.28. The average Bonchev–Trinajstić information content (AvgIpc) is 2.76. The number of hydrogen-bond donors (Lipinski definition) is 0. The lowest BCUT2D eigenvalue weighted by atomic mass is 9.84. The molecule has 0 saturated heterocycles. The maximum atomic E-state index is 12.3. The molecule has 2 aromatic rings. The number of carbonyl (C=O) groups is 2. The minimum Gasteiger partial charge on any atom is -0.300 e. The number of rotatable bonds is 3. The maximum absolute atomic E-state index is 12.3. The summed E-state index contributed by atoms with van der Waals surface area (Å²) in [6.45, 7) is 1.55. The van der Waals surface area contributed by atoms with Crippen LogP contribution in [0, 0.1) is 5.92 Å². The fraction of sp³-hybridized carbons (Fsp3) is 0.407. The smallest absolute Gasteiger partial charge is 0.166 e. The lowest BCUT2D eigenvalue weighted by Crippen LogP contribution is -2.19. The van der Waals surface area contributed by atoms with Crippen molar-refractivity contribution in [3.05, 3.63) is 77.4 Å². The van der Waals surface area contributed by atoms with Crippen LogP contribution in [-0.4, -0.2) is 11.6 Å². The van der Waals surface area contributed by atoms with Crippen molar-refractivity contribution in [2.75, 3.05) is 0 Å². The molecule has 1 unspecified atom stereocenters. The summed E-state index contributed by atoms with van der Waals surface area (Å²) >= 11 is 0. The molecule has 2 nitrogen and oxygen atoms in total. The number of ketones is 2. The molecule has 0 radical (unpaired) electrons. The van der Waals surface area contributed by atoms with E-state index in [1.807, 2.05) is 30.3 Å². The van der Waals surface area contributed by atoms with Crippen molar-refractivity contribution in [1.82, 2.24) is 0 Å². The van der Waals surface area contributed by atoms with Crippen LogP contribution in [0.2, 0.25) is 0 Å². The third kappa shape index (κ3) is 6.25. The van der Waals surface area contributed by atoms with Crippen LogP contribution in [-0.2, 0) is 4.79 Å². The Morgan fingerprint density at radius 1 is 0.897 bits per heavy atom. The standard InChI is InChI=1S/C15H16O2.C12H16/c1-11(16)10-13-8-3-2-6-12-7-4-5-9-14(12)15(13)17;1-3-7-11(8-4-1)12-9-5-2-6-10-12/h2,4-7,9,13H,3,8,10H2,1H3;1,3-4,7-8,12H,2,5-6,9-10H2/b6-2-;. The highest BCUT2D eigenvalue weighted by Gasteiger charge is 2.23. The lowest BCUT2D eigenvalue weighted by molar-refractivity contribution is -0.117. The first kappa shape index (κ1) is 21.2. The van der Waals surface area contributed by atoms with Crippen molar-refractivity contribution in [2.45, 2.75) is 64.2 Å². The summed E-state index contributed by atoms with van der Waals surface area (Å²) in [5.74, 6) is 0.907. The Balaban J connectivity index is 0.000000176. The van der Waals surface area contributed by atoms with Crippen LogP contribution in [0.15, 0.2) is 60.7 Å². The molecule has 0 heterocycles. The van der Waals surface area contributed by atoms with Crippen LogP contribution in [0.3, 0.4) is 0 Å². The summed E-state index contributed by atoms with van der Waals surface area (Å²) in [5.41, 5.74) is 3.26. The summed E-state index contributed by atoms with van der Waals surface area (Å²) < 4.78 is 0. The molecule has 2 aliphatic rings. The minimum atomic E-state index is -0.154. The van der Waals surface area contributed by atoms with Crippen LogP contribution in [0.5, 0.6) is 0 Å². The summed E-state index contributed by atoms with van der Waals surface area (Å²) in [6.07, 6.45) is 13.2. The zero-order valence-electron chi connectivity index (χ0n) is 17.5. The monoisotopic (exact) mass is 388 g/mol. The van der Waals surface area contributed by atoms with Crippen LogP contribution in [0.1, 0.15) is 85.7 Å². The Hall–Kier alpha value is -2.48. The van der Waals surface area contributed by atoms with Gasteiger partial charge in [-0.05, 0) is 49.7 Å². The van der Waals surface area contributed by atoms with E-state index in [1.165, 1.54) is 32.1 Å². The van der Waals surface area contributed by atoms with Gasteiger partial charge < -0.3 is 4.79 Å². The summed E-state index contributed by atoms with van der Waals surface area (Å²) in [5, 5.41) is 0. The molecule has 0 aliphatic heterocycles. The topological polar surface area (TPSA) is 34.1 Å². The Morgan fingerprint density at radius 2 is 1.59 bits per heavy atom. The molecule has 4 rings (SSSR count). The van der Waals surface area contributed by atoms with E-state index in [2.05, 4.69) is 36.4 Å². The van der Waals surface area contributed by atoms with Crippen LogP contribution < -0.4 is 0 Å². The predicted molar refractivity (Wildman–Crippen MR) is 120 cm³/mol. The number of benzene rings is 2. The molecule has 0 spiro atoms. The van der Waals surface area contributed by atoms with Crippen molar-refractivity contribution in [2.24, 2.45) is 5.92 Å². The van der Waals surface area contributed by atoms with Gasteiger partial charge in [0.05, 0.1) is 0 Å². The van der Waals surface area contributed by atoms with E-state index in [9.17, 15) is 9.59 Å². The van der Waals surface area contributed by atoms with Crippen LogP contribution in [0.4, 0.5) is 0 Å². The van der Waals surface area contributed by atoms with E-state index in [1.54, 1.807) is 12.5 Å².